The van der Waals surface area contributed by atoms with Crippen molar-refractivity contribution in [2.75, 3.05) is 18.0 Å². The van der Waals surface area contributed by atoms with Crippen molar-refractivity contribution < 1.29 is 9.53 Å². The van der Waals surface area contributed by atoms with Crippen LogP contribution < -0.4 is 10.6 Å². The molecule has 0 bridgehead atoms. The number of halogens is 1. The van der Waals surface area contributed by atoms with Crippen molar-refractivity contribution in [3.63, 3.8) is 0 Å². The van der Waals surface area contributed by atoms with Crippen LogP contribution in [0, 0.1) is 3.57 Å². The van der Waals surface area contributed by atoms with Gasteiger partial charge in [-0.1, -0.05) is 0 Å². The van der Waals surface area contributed by atoms with E-state index in [1.807, 2.05) is 29.2 Å². The standard InChI is InChI=1S/C11H13IN2O2/c12-8-1-3-9(4-2-8)14-6-10(5-13)16-11(14)7-15/h1-4,7,10-11H,5-6,13H2/t10-,11?/m0/s1. The lowest BCUT2D eigenvalue weighted by Crippen LogP contribution is -2.31. The van der Waals surface area contributed by atoms with Gasteiger partial charge in [0.15, 0.2) is 12.5 Å². The van der Waals surface area contributed by atoms with Gasteiger partial charge in [0.25, 0.3) is 0 Å². The average Bonchev–Trinajstić information content (AvgIpc) is 2.73. The first-order chi connectivity index (χ1) is 7.74. The minimum atomic E-state index is -0.506. The second-order valence-electron chi connectivity index (χ2n) is 3.65. The van der Waals surface area contributed by atoms with Gasteiger partial charge in [0, 0.05) is 22.3 Å². The molecule has 0 saturated carbocycles. The summed E-state index contributed by atoms with van der Waals surface area (Å²) in [5.41, 5.74) is 6.54. The largest absolute Gasteiger partial charge is 0.345 e. The van der Waals surface area contributed by atoms with Gasteiger partial charge in [0.1, 0.15) is 0 Å². The lowest BCUT2D eigenvalue weighted by Gasteiger charge is -2.20. The molecule has 0 spiro atoms. The number of hydrogen-bond acceptors (Lipinski definition) is 4. The molecule has 1 aliphatic heterocycles. The molecule has 5 heteroatoms. The van der Waals surface area contributed by atoms with Gasteiger partial charge in [0.05, 0.1) is 6.10 Å². The number of carbonyl (C=O) groups excluding carboxylic acids is 1. The Hall–Kier alpha value is -0.660. The summed E-state index contributed by atoms with van der Waals surface area (Å²) < 4.78 is 6.65. The third kappa shape index (κ3) is 2.36. The van der Waals surface area contributed by atoms with Crippen molar-refractivity contribution in [3.8, 4) is 0 Å². The van der Waals surface area contributed by atoms with Crippen LogP contribution in [-0.4, -0.2) is 31.7 Å². The van der Waals surface area contributed by atoms with Gasteiger partial charge < -0.3 is 15.4 Å². The lowest BCUT2D eigenvalue weighted by atomic mass is 10.2. The van der Waals surface area contributed by atoms with Crippen LogP contribution in [0.4, 0.5) is 5.69 Å². The Bertz CT molecular complexity index is 369. The van der Waals surface area contributed by atoms with E-state index in [9.17, 15) is 4.79 Å². The minimum absolute atomic E-state index is 0.0607. The van der Waals surface area contributed by atoms with Gasteiger partial charge >= 0.3 is 0 Å². The fourth-order valence-electron chi connectivity index (χ4n) is 1.76. The van der Waals surface area contributed by atoms with Gasteiger partial charge in [-0.15, -0.1) is 0 Å². The molecule has 1 fully saturated rings. The van der Waals surface area contributed by atoms with Crippen LogP contribution in [0.5, 0.6) is 0 Å². The normalized spacial score (nSPS) is 24.8. The first-order valence-corrected chi connectivity index (χ1v) is 6.15. The summed E-state index contributed by atoms with van der Waals surface area (Å²) in [4.78, 5) is 12.8. The second kappa shape index (κ2) is 5.11. The molecule has 0 aromatic heterocycles. The number of rotatable bonds is 3. The van der Waals surface area contributed by atoms with Crippen molar-refractivity contribution in [2.45, 2.75) is 12.3 Å². The van der Waals surface area contributed by atoms with E-state index in [2.05, 4.69) is 22.6 Å². The zero-order valence-electron chi connectivity index (χ0n) is 8.67. The van der Waals surface area contributed by atoms with Crippen LogP contribution in [0.25, 0.3) is 0 Å². The smallest absolute Gasteiger partial charge is 0.187 e. The summed E-state index contributed by atoms with van der Waals surface area (Å²) in [6, 6.07) is 7.99. The van der Waals surface area contributed by atoms with Crippen molar-refractivity contribution in [3.05, 3.63) is 27.8 Å². The Morgan fingerprint density at radius 1 is 1.50 bits per heavy atom. The van der Waals surface area contributed by atoms with Crippen LogP contribution in [0.15, 0.2) is 24.3 Å². The van der Waals surface area contributed by atoms with Gasteiger partial charge in [-0.3, -0.25) is 4.79 Å². The molecule has 2 N–H and O–H groups in total. The topological polar surface area (TPSA) is 55.6 Å². The summed E-state index contributed by atoms with van der Waals surface area (Å²) in [5, 5.41) is 0. The van der Waals surface area contributed by atoms with E-state index in [1.54, 1.807) is 0 Å². The molecule has 86 valence electrons. The maximum atomic E-state index is 10.9. The second-order valence-corrected chi connectivity index (χ2v) is 4.89. The highest BCUT2D eigenvalue weighted by atomic mass is 127. The van der Waals surface area contributed by atoms with E-state index < -0.39 is 6.23 Å². The van der Waals surface area contributed by atoms with E-state index in [0.717, 1.165) is 12.0 Å². The number of ether oxygens (including phenoxy) is 1. The highest BCUT2D eigenvalue weighted by Crippen LogP contribution is 2.24. The van der Waals surface area contributed by atoms with E-state index in [4.69, 9.17) is 10.5 Å². The summed E-state index contributed by atoms with van der Waals surface area (Å²) >= 11 is 2.25. The number of nitrogens with zero attached hydrogens (tertiary/aromatic N) is 1. The average molecular weight is 332 g/mol. The third-order valence-corrected chi connectivity index (χ3v) is 3.30. The molecule has 0 amide bonds. The molecule has 1 aromatic rings. The van der Waals surface area contributed by atoms with E-state index in [1.165, 1.54) is 3.57 Å². The fourth-order valence-corrected chi connectivity index (χ4v) is 2.12. The minimum Gasteiger partial charge on any atom is -0.345 e. The maximum absolute atomic E-state index is 10.9. The molecule has 16 heavy (non-hydrogen) atoms. The van der Waals surface area contributed by atoms with E-state index >= 15 is 0 Å². The van der Waals surface area contributed by atoms with E-state index in [0.29, 0.717) is 13.1 Å². The van der Waals surface area contributed by atoms with Gasteiger partial charge in [0.2, 0.25) is 0 Å². The summed E-state index contributed by atoms with van der Waals surface area (Å²) in [5.74, 6) is 0. The molecule has 0 radical (unpaired) electrons. The van der Waals surface area contributed by atoms with Gasteiger partial charge in [-0.2, -0.15) is 0 Å². The molecule has 2 atom stereocenters. The van der Waals surface area contributed by atoms with Crippen molar-refractivity contribution in [2.24, 2.45) is 5.73 Å². The molecule has 0 aliphatic carbocycles. The molecular formula is C11H13IN2O2. The van der Waals surface area contributed by atoms with Gasteiger partial charge in [-0.25, -0.2) is 0 Å². The van der Waals surface area contributed by atoms with E-state index in [-0.39, 0.29) is 6.10 Å². The van der Waals surface area contributed by atoms with Crippen LogP contribution in [-0.2, 0) is 9.53 Å². The monoisotopic (exact) mass is 332 g/mol. The SMILES string of the molecule is NC[C@H]1CN(c2ccc(I)cc2)C(C=O)O1. The lowest BCUT2D eigenvalue weighted by molar-refractivity contribution is -0.117. The third-order valence-electron chi connectivity index (χ3n) is 2.58. The van der Waals surface area contributed by atoms with Crippen LogP contribution in [0.2, 0.25) is 0 Å². The molecule has 4 nitrogen and oxygen atoms in total. The Labute approximate surface area is 108 Å². The summed E-state index contributed by atoms with van der Waals surface area (Å²) in [6.45, 7) is 1.10. The predicted molar refractivity (Wildman–Crippen MR) is 70.3 cm³/mol. The highest BCUT2D eigenvalue weighted by Gasteiger charge is 2.31. The molecule has 1 aromatic carbocycles. The van der Waals surface area contributed by atoms with Crippen LogP contribution >= 0.6 is 22.6 Å². The Balaban J connectivity index is 2.19. The number of benzene rings is 1. The van der Waals surface area contributed by atoms with Crippen LogP contribution in [0.3, 0.4) is 0 Å². The Morgan fingerprint density at radius 2 is 2.19 bits per heavy atom. The van der Waals surface area contributed by atoms with Crippen molar-refractivity contribution in [1.82, 2.24) is 0 Å². The van der Waals surface area contributed by atoms with Gasteiger partial charge in [-0.05, 0) is 46.9 Å². The molecule has 1 unspecified atom stereocenters. The first kappa shape index (κ1) is 11.8. The van der Waals surface area contributed by atoms with Crippen molar-refractivity contribution in [1.29, 1.82) is 0 Å². The Morgan fingerprint density at radius 3 is 2.75 bits per heavy atom. The quantitative estimate of drug-likeness (QED) is 0.662. The molecule has 2 rings (SSSR count). The van der Waals surface area contributed by atoms with Crippen molar-refractivity contribution >= 4 is 34.6 Å². The number of hydrogen-bond donors (Lipinski definition) is 1. The maximum Gasteiger partial charge on any atom is 0.187 e. The zero-order valence-corrected chi connectivity index (χ0v) is 10.8. The van der Waals surface area contributed by atoms with Crippen LogP contribution in [0.1, 0.15) is 0 Å². The summed E-state index contributed by atoms with van der Waals surface area (Å²) in [7, 11) is 0. The number of aldehydes is 1. The predicted octanol–water partition coefficient (Wildman–Crippen LogP) is 0.980. The number of carbonyl (C=O) groups is 1. The summed E-state index contributed by atoms with van der Waals surface area (Å²) in [6.07, 6.45) is 0.247. The molecule has 1 heterocycles. The zero-order chi connectivity index (χ0) is 11.5. The molecular weight excluding hydrogens is 319 g/mol. The molecule has 1 aliphatic rings. The fraction of sp³-hybridized carbons (Fsp3) is 0.364. The Kier molecular flexibility index (Phi) is 3.78. The number of anilines is 1. The highest BCUT2D eigenvalue weighted by molar-refractivity contribution is 14.1. The number of nitrogens with two attached hydrogens (primary N) is 1. The molecule has 1 saturated heterocycles. The first-order valence-electron chi connectivity index (χ1n) is 5.07.